The Morgan fingerprint density at radius 1 is 0.955 bits per heavy atom. The topological polar surface area (TPSA) is 38.7 Å². The van der Waals surface area contributed by atoms with Crippen molar-refractivity contribution in [1.29, 1.82) is 0 Å². The highest BCUT2D eigenvalue weighted by Crippen LogP contribution is 2.21. The summed E-state index contributed by atoms with van der Waals surface area (Å²) in [5.74, 6) is -0.209. The van der Waals surface area contributed by atoms with Crippen LogP contribution < -0.4 is 0 Å². The summed E-state index contributed by atoms with van der Waals surface area (Å²) < 4.78 is 5.12. The third-order valence-electron chi connectivity index (χ3n) is 3.05. The van der Waals surface area contributed by atoms with Crippen LogP contribution in [0, 0.1) is 0 Å². The van der Waals surface area contributed by atoms with Gasteiger partial charge in [0, 0.05) is 11.1 Å². The van der Waals surface area contributed by atoms with Crippen LogP contribution in [0.5, 0.6) is 0 Å². The minimum atomic E-state index is -0.479. The van der Waals surface area contributed by atoms with Crippen LogP contribution in [0.1, 0.15) is 11.1 Å². The van der Waals surface area contributed by atoms with E-state index in [4.69, 9.17) is 16.3 Å². The molecule has 0 N–H and O–H groups in total. The lowest BCUT2D eigenvalue weighted by Crippen LogP contribution is -2.01. The third kappa shape index (κ3) is 3.32. The lowest BCUT2D eigenvalue weighted by molar-refractivity contribution is -0.129. The molecule has 2 aromatic rings. The predicted octanol–water partition coefficient (Wildman–Crippen LogP) is 4.35. The Morgan fingerprint density at radius 3 is 2.45 bits per heavy atom. The molecule has 0 fully saturated rings. The van der Waals surface area contributed by atoms with E-state index in [9.17, 15) is 4.79 Å². The van der Waals surface area contributed by atoms with Gasteiger partial charge in [-0.3, -0.25) is 0 Å². The molecule has 3 nitrogen and oxygen atoms in total. The number of esters is 1. The second-order valence-corrected chi connectivity index (χ2v) is 5.04. The molecule has 0 aromatic heterocycles. The minimum Gasteiger partial charge on any atom is -0.403 e. The molecule has 0 bridgehead atoms. The maximum atomic E-state index is 11.8. The Balaban J connectivity index is 1.83. The molecule has 0 amide bonds. The van der Waals surface area contributed by atoms with E-state index in [0.717, 1.165) is 11.1 Å². The fraction of sp³-hybridized carbons (Fsp3) is 0. The molecule has 108 valence electrons. The fourth-order valence-electron chi connectivity index (χ4n) is 1.97. The van der Waals surface area contributed by atoms with Gasteiger partial charge in [-0.1, -0.05) is 60.1 Å². The average Bonchev–Trinajstić information content (AvgIpc) is 2.89. The number of aliphatic imine (C=N–C) groups is 1. The van der Waals surface area contributed by atoms with E-state index < -0.39 is 5.97 Å². The van der Waals surface area contributed by atoms with Crippen molar-refractivity contribution in [2.75, 3.05) is 0 Å². The van der Waals surface area contributed by atoms with Crippen LogP contribution in [-0.2, 0) is 9.53 Å². The van der Waals surface area contributed by atoms with Crippen LogP contribution >= 0.6 is 11.6 Å². The molecule has 0 saturated carbocycles. The third-order valence-corrected chi connectivity index (χ3v) is 3.40. The lowest BCUT2D eigenvalue weighted by atomic mass is 10.2. The summed E-state index contributed by atoms with van der Waals surface area (Å²) >= 11 is 6.07. The number of carbonyl (C=O) groups is 1. The van der Waals surface area contributed by atoms with Crippen molar-refractivity contribution in [3.8, 4) is 0 Å². The van der Waals surface area contributed by atoms with Crippen LogP contribution in [-0.4, -0.2) is 11.9 Å². The van der Waals surface area contributed by atoms with Gasteiger partial charge in [-0.2, -0.15) is 0 Å². The van der Waals surface area contributed by atoms with Crippen molar-refractivity contribution in [2.24, 2.45) is 4.99 Å². The molecule has 1 aliphatic rings. The van der Waals surface area contributed by atoms with Gasteiger partial charge in [-0.15, -0.1) is 0 Å². The number of halogens is 1. The predicted molar refractivity (Wildman–Crippen MR) is 88.4 cm³/mol. The average molecular weight is 310 g/mol. The standard InChI is InChI=1S/C18H12ClNO2/c19-15-9-5-4-8-14(15)12-16-18(21)22-17(20-16)11-10-13-6-2-1-3-7-13/h1-12H/b11-10-,16-12+. The molecule has 0 aliphatic carbocycles. The number of ether oxygens (including phenoxy) is 1. The number of benzene rings is 2. The highest BCUT2D eigenvalue weighted by molar-refractivity contribution is 6.32. The minimum absolute atomic E-state index is 0.237. The van der Waals surface area contributed by atoms with Crippen LogP contribution in [0.4, 0.5) is 0 Å². The summed E-state index contributed by atoms with van der Waals surface area (Å²) in [4.78, 5) is 16.0. The number of nitrogens with zero attached hydrogens (tertiary/aromatic N) is 1. The second kappa shape index (κ2) is 6.41. The van der Waals surface area contributed by atoms with Crippen molar-refractivity contribution < 1.29 is 9.53 Å². The molecule has 0 spiro atoms. The molecule has 4 heteroatoms. The van der Waals surface area contributed by atoms with Crippen LogP contribution in [0.15, 0.2) is 71.4 Å². The Labute approximate surface area is 133 Å². The van der Waals surface area contributed by atoms with E-state index in [1.54, 1.807) is 18.2 Å². The number of hydrogen-bond donors (Lipinski definition) is 0. The first-order valence-corrected chi connectivity index (χ1v) is 7.10. The maximum absolute atomic E-state index is 11.8. The SMILES string of the molecule is O=C1OC(/C=C\c2ccccc2)=NC/1=C/c1ccccc1Cl. The molecule has 0 saturated heterocycles. The van der Waals surface area contributed by atoms with Crippen molar-refractivity contribution in [3.63, 3.8) is 0 Å². The molecule has 0 atom stereocenters. The zero-order valence-corrected chi connectivity index (χ0v) is 12.3. The second-order valence-electron chi connectivity index (χ2n) is 4.63. The Morgan fingerprint density at radius 2 is 1.68 bits per heavy atom. The van der Waals surface area contributed by atoms with E-state index in [2.05, 4.69) is 4.99 Å². The molecule has 0 radical (unpaired) electrons. The summed E-state index contributed by atoms with van der Waals surface area (Å²) in [6.45, 7) is 0. The smallest absolute Gasteiger partial charge is 0.363 e. The van der Waals surface area contributed by atoms with Gasteiger partial charge in [-0.25, -0.2) is 9.79 Å². The Bertz CT molecular complexity index is 792. The van der Waals surface area contributed by atoms with Crippen LogP contribution in [0.3, 0.4) is 0 Å². The summed E-state index contributed by atoms with van der Waals surface area (Å²) in [7, 11) is 0. The number of hydrogen-bond acceptors (Lipinski definition) is 3. The Kier molecular flexibility index (Phi) is 4.17. The van der Waals surface area contributed by atoms with Crippen molar-refractivity contribution in [1.82, 2.24) is 0 Å². The quantitative estimate of drug-likeness (QED) is 0.624. The van der Waals surface area contributed by atoms with Gasteiger partial charge >= 0.3 is 5.97 Å². The molecule has 22 heavy (non-hydrogen) atoms. The lowest BCUT2D eigenvalue weighted by Gasteiger charge is -1.96. The van der Waals surface area contributed by atoms with Crippen LogP contribution in [0.2, 0.25) is 5.02 Å². The van der Waals surface area contributed by atoms with Gasteiger partial charge in [0.15, 0.2) is 5.70 Å². The zero-order chi connectivity index (χ0) is 15.4. The van der Waals surface area contributed by atoms with Gasteiger partial charge in [0.05, 0.1) is 0 Å². The zero-order valence-electron chi connectivity index (χ0n) is 11.6. The summed E-state index contributed by atoms with van der Waals surface area (Å²) in [5.41, 5.74) is 1.97. The first-order chi connectivity index (χ1) is 10.7. The van der Waals surface area contributed by atoms with Gasteiger partial charge in [0.25, 0.3) is 0 Å². The van der Waals surface area contributed by atoms with Crippen molar-refractivity contribution >= 4 is 35.6 Å². The van der Waals surface area contributed by atoms with E-state index in [-0.39, 0.29) is 11.6 Å². The number of cyclic esters (lactones) is 1. The van der Waals surface area contributed by atoms with Crippen LogP contribution in [0.25, 0.3) is 12.2 Å². The van der Waals surface area contributed by atoms with Gasteiger partial charge in [0.2, 0.25) is 5.90 Å². The molecular weight excluding hydrogens is 298 g/mol. The van der Waals surface area contributed by atoms with E-state index in [0.29, 0.717) is 5.02 Å². The van der Waals surface area contributed by atoms with Gasteiger partial charge in [0.1, 0.15) is 0 Å². The van der Waals surface area contributed by atoms with Gasteiger partial charge in [-0.05, 0) is 29.3 Å². The summed E-state index contributed by atoms with van der Waals surface area (Å²) in [6.07, 6.45) is 5.12. The van der Waals surface area contributed by atoms with Crippen molar-refractivity contribution in [3.05, 3.63) is 82.5 Å². The monoisotopic (exact) mass is 309 g/mol. The summed E-state index contributed by atoms with van der Waals surface area (Å²) in [6, 6.07) is 17.0. The largest absolute Gasteiger partial charge is 0.403 e. The summed E-state index contributed by atoms with van der Waals surface area (Å²) in [5, 5.41) is 0.561. The first kappa shape index (κ1) is 14.3. The fourth-order valence-corrected chi connectivity index (χ4v) is 2.16. The van der Waals surface area contributed by atoms with E-state index in [1.165, 1.54) is 0 Å². The molecular formula is C18H12ClNO2. The Hall–Kier alpha value is -2.65. The normalized spacial score (nSPS) is 16.1. The first-order valence-electron chi connectivity index (χ1n) is 6.72. The highest BCUT2D eigenvalue weighted by Gasteiger charge is 2.21. The highest BCUT2D eigenvalue weighted by atomic mass is 35.5. The molecule has 2 aromatic carbocycles. The van der Waals surface area contributed by atoms with Gasteiger partial charge < -0.3 is 4.74 Å². The molecule has 0 unspecified atom stereocenters. The van der Waals surface area contributed by atoms with Crippen molar-refractivity contribution in [2.45, 2.75) is 0 Å². The maximum Gasteiger partial charge on any atom is 0.363 e. The molecule has 1 heterocycles. The van der Waals surface area contributed by atoms with E-state index in [1.807, 2.05) is 54.6 Å². The molecule has 3 rings (SSSR count). The van der Waals surface area contributed by atoms with E-state index >= 15 is 0 Å². The number of carbonyl (C=O) groups excluding carboxylic acids is 1. The number of rotatable bonds is 3. The molecule has 1 aliphatic heterocycles.